The third kappa shape index (κ3) is 3.32. The summed E-state index contributed by atoms with van der Waals surface area (Å²) < 4.78 is 6.91. The van der Waals surface area contributed by atoms with Crippen LogP contribution in [0, 0.1) is 0 Å². The lowest BCUT2D eigenvalue weighted by molar-refractivity contribution is -0.112. The summed E-state index contributed by atoms with van der Waals surface area (Å²) in [6.45, 7) is 5.33. The Kier molecular flexibility index (Phi) is 4.11. The van der Waals surface area contributed by atoms with Crippen molar-refractivity contribution in [3.05, 3.63) is 18.2 Å². The average molecular weight is 253 g/mol. The van der Waals surface area contributed by atoms with E-state index in [4.69, 9.17) is 4.74 Å². The molecule has 0 aromatic carbocycles. The van der Waals surface area contributed by atoms with Crippen LogP contribution >= 0.6 is 0 Å². The van der Waals surface area contributed by atoms with Gasteiger partial charge in [0, 0.05) is 14.1 Å². The average Bonchev–Trinajstić information content (AvgIpc) is 2.63. The van der Waals surface area contributed by atoms with E-state index >= 15 is 0 Å². The predicted molar refractivity (Wildman–Crippen MR) is 66.0 cm³/mol. The molecule has 0 spiro atoms. The molecule has 1 unspecified atom stereocenters. The molecule has 0 aliphatic heterocycles. The summed E-state index contributed by atoms with van der Waals surface area (Å²) in [4.78, 5) is 28.2. The second-order valence-electron chi connectivity index (χ2n) is 5.10. The largest absolute Gasteiger partial charge is 0.444 e. The van der Waals surface area contributed by atoms with E-state index in [9.17, 15) is 9.59 Å². The molecule has 0 radical (unpaired) electrons. The van der Waals surface area contributed by atoms with E-state index in [1.54, 1.807) is 44.9 Å². The molecule has 0 fully saturated rings. The van der Waals surface area contributed by atoms with Gasteiger partial charge in [0.2, 0.25) is 0 Å². The number of rotatable bonds is 3. The van der Waals surface area contributed by atoms with Crippen molar-refractivity contribution in [3.8, 4) is 0 Å². The molecule has 1 atom stereocenters. The van der Waals surface area contributed by atoms with Crippen LogP contribution in [0.25, 0.3) is 0 Å². The predicted octanol–water partition coefficient (Wildman–Crippen LogP) is 1.53. The first-order valence-corrected chi connectivity index (χ1v) is 5.63. The zero-order valence-electron chi connectivity index (χ0n) is 11.4. The fourth-order valence-corrected chi connectivity index (χ4v) is 1.46. The quantitative estimate of drug-likeness (QED) is 0.766. The van der Waals surface area contributed by atoms with Crippen LogP contribution in [0.5, 0.6) is 0 Å². The highest BCUT2D eigenvalue weighted by Crippen LogP contribution is 2.19. The number of carbonyl (C=O) groups is 2. The maximum Gasteiger partial charge on any atom is 0.410 e. The van der Waals surface area contributed by atoms with Crippen LogP contribution in [-0.2, 0) is 16.6 Å². The van der Waals surface area contributed by atoms with Gasteiger partial charge in [-0.3, -0.25) is 4.90 Å². The summed E-state index contributed by atoms with van der Waals surface area (Å²) in [6.07, 6.45) is 3.29. The van der Waals surface area contributed by atoms with Gasteiger partial charge < -0.3 is 14.1 Å². The van der Waals surface area contributed by atoms with Crippen molar-refractivity contribution in [2.24, 2.45) is 7.05 Å². The van der Waals surface area contributed by atoms with Crippen molar-refractivity contribution in [1.29, 1.82) is 0 Å². The van der Waals surface area contributed by atoms with Crippen molar-refractivity contribution in [3.63, 3.8) is 0 Å². The normalized spacial score (nSPS) is 12.9. The minimum absolute atomic E-state index is 0.541. The van der Waals surface area contributed by atoms with Crippen LogP contribution in [0.1, 0.15) is 32.5 Å². The van der Waals surface area contributed by atoms with Gasteiger partial charge in [-0.1, -0.05) is 0 Å². The van der Waals surface area contributed by atoms with Gasteiger partial charge in [-0.15, -0.1) is 0 Å². The molecule has 6 nitrogen and oxygen atoms in total. The Labute approximate surface area is 107 Å². The lowest BCUT2D eigenvalue weighted by atomic mass is 10.2. The van der Waals surface area contributed by atoms with E-state index in [-0.39, 0.29) is 0 Å². The van der Waals surface area contributed by atoms with Crippen molar-refractivity contribution in [2.45, 2.75) is 32.4 Å². The second-order valence-corrected chi connectivity index (χ2v) is 5.10. The standard InChI is InChI=1S/C12H19N3O3/c1-12(2,3)18-11(17)15(5)10(7-16)9-6-13-8-14(9)4/h6-8,10H,1-5H3. The van der Waals surface area contributed by atoms with E-state index in [0.29, 0.717) is 12.0 Å². The van der Waals surface area contributed by atoms with E-state index in [1.807, 2.05) is 0 Å². The van der Waals surface area contributed by atoms with Crippen LogP contribution in [-0.4, -0.2) is 39.5 Å². The van der Waals surface area contributed by atoms with Gasteiger partial charge in [0.05, 0.1) is 18.2 Å². The lowest BCUT2D eigenvalue weighted by Gasteiger charge is -2.28. The Morgan fingerprint density at radius 3 is 2.56 bits per heavy atom. The number of carbonyl (C=O) groups excluding carboxylic acids is 2. The van der Waals surface area contributed by atoms with Crippen molar-refractivity contribution < 1.29 is 14.3 Å². The van der Waals surface area contributed by atoms with Crippen LogP contribution in [0.4, 0.5) is 4.79 Å². The molecule has 0 aliphatic carbocycles. The Morgan fingerprint density at radius 2 is 2.17 bits per heavy atom. The summed E-state index contributed by atoms with van der Waals surface area (Å²) in [6, 6.07) is -0.702. The number of amides is 1. The zero-order valence-corrected chi connectivity index (χ0v) is 11.4. The van der Waals surface area contributed by atoms with Crippen molar-refractivity contribution in [1.82, 2.24) is 14.5 Å². The third-order valence-electron chi connectivity index (χ3n) is 2.38. The molecule has 100 valence electrons. The molecular weight excluding hydrogens is 234 g/mol. The minimum Gasteiger partial charge on any atom is -0.444 e. The number of nitrogens with zero attached hydrogens (tertiary/aromatic N) is 3. The first-order chi connectivity index (χ1) is 8.26. The molecule has 1 aromatic heterocycles. The molecule has 1 heterocycles. The molecule has 0 N–H and O–H groups in total. The monoisotopic (exact) mass is 253 g/mol. The molecule has 6 heteroatoms. The molecule has 1 amide bonds. The summed E-state index contributed by atoms with van der Waals surface area (Å²) in [5.74, 6) is 0. The van der Waals surface area contributed by atoms with Crippen LogP contribution in [0.2, 0.25) is 0 Å². The van der Waals surface area contributed by atoms with Crippen molar-refractivity contribution in [2.75, 3.05) is 7.05 Å². The molecule has 1 aromatic rings. The highest BCUT2D eigenvalue weighted by atomic mass is 16.6. The van der Waals surface area contributed by atoms with Gasteiger partial charge in [0.15, 0.2) is 0 Å². The Hall–Kier alpha value is -1.85. The Morgan fingerprint density at radius 1 is 1.56 bits per heavy atom. The zero-order chi connectivity index (χ0) is 13.9. The molecule has 0 bridgehead atoms. The summed E-state index contributed by atoms with van der Waals surface area (Å²) in [5.41, 5.74) is 0.0453. The molecule has 0 saturated heterocycles. The number of imidazole rings is 1. The van der Waals surface area contributed by atoms with Gasteiger partial charge in [-0.05, 0) is 20.8 Å². The number of aldehydes is 1. The van der Waals surface area contributed by atoms with E-state index in [2.05, 4.69) is 4.98 Å². The first-order valence-electron chi connectivity index (χ1n) is 5.63. The Bertz CT molecular complexity index is 434. The number of aryl methyl sites for hydroxylation is 1. The maximum atomic E-state index is 11.9. The number of aromatic nitrogens is 2. The van der Waals surface area contributed by atoms with E-state index < -0.39 is 17.7 Å². The third-order valence-corrected chi connectivity index (χ3v) is 2.38. The number of ether oxygens (including phenoxy) is 1. The van der Waals surface area contributed by atoms with E-state index in [0.717, 1.165) is 0 Å². The molecule has 1 rings (SSSR count). The molecular formula is C12H19N3O3. The SMILES string of the molecule is CN(C(=O)OC(C)(C)C)C(C=O)c1cncn1C. The fraction of sp³-hybridized carbons (Fsp3) is 0.583. The second kappa shape index (κ2) is 5.20. The summed E-state index contributed by atoms with van der Waals surface area (Å²) in [5, 5.41) is 0. The Balaban J connectivity index is 2.87. The molecule has 0 aliphatic rings. The number of hydrogen-bond acceptors (Lipinski definition) is 4. The number of likely N-dealkylation sites (N-methyl/N-ethyl adjacent to an activating group) is 1. The van der Waals surface area contributed by atoms with Gasteiger partial charge in [0.25, 0.3) is 0 Å². The highest BCUT2D eigenvalue weighted by molar-refractivity contribution is 5.74. The van der Waals surface area contributed by atoms with Crippen molar-refractivity contribution >= 4 is 12.4 Å². The molecule has 0 saturated carbocycles. The van der Waals surface area contributed by atoms with Gasteiger partial charge in [-0.2, -0.15) is 0 Å². The van der Waals surface area contributed by atoms with Crippen LogP contribution < -0.4 is 0 Å². The summed E-state index contributed by atoms with van der Waals surface area (Å²) in [7, 11) is 3.29. The lowest BCUT2D eigenvalue weighted by Crippen LogP contribution is -2.37. The summed E-state index contributed by atoms with van der Waals surface area (Å²) >= 11 is 0. The van der Waals surface area contributed by atoms with E-state index in [1.165, 1.54) is 11.9 Å². The molecule has 18 heavy (non-hydrogen) atoms. The first kappa shape index (κ1) is 14.2. The highest BCUT2D eigenvalue weighted by Gasteiger charge is 2.27. The van der Waals surface area contributed by atoms with Gasteiger partial charge in [-0.25, -0.2) is 9.78 Å². The topological polar surface area (TPSA) is 64.4 Å². The number of hydrogen-bond donors (Lipinski definition) is 0. The fourth-order valence-electron chi connectivity index (χ4n) is 1.46. The van der Waals surface area contributed by atoms with Gasteiger partial charge >= 0.3 is 6.09 Å². The minimum atomic E-state index is -0.702. The maximum absolute atomic E-state index is 11.9. The smallest absolute Gasteiger partial charge is 0.410 e. The van der Waals surface area contributed by atoms with Crippen LogP contribution in [0.15, 0.2) is 12.5 Å². The van der Waals surface area contributed by atoms with Crippen LogP contribution in [0.3, 0.4) is 0 Å². The van der Waals surface area contributed by atoms with Gasteiger partial charge in [0.1, 0.15) is 17.9 Å².